The van der Waals surface area contributed by atoms with E-state index in [1.807, 2.05) is 17.5 Å². The van der Waals surface area contributed by atoms with Crippen molar-refractivity contribution in [1.82, 2.24) is 4.90 Å². The lowest BCUT2D eigenvalue weighted by Crippen LogP contribution is -2.29. The van der Waals surface area contributed by atoms with Gasteiger partial charge in [0.05, 0.1) is 12.7 Å². The van der Waals surface area contributed by atoms with Crippen LogP contribution >= 0.6 is 11.3 Å². The van der Waals surface area contributed by atoms with Gasteiger partial charge in [0, 0.05) is 37.4 Å². The van der Waals surface area contributed by atoms with Gasteiger partial charge in [-0.1, -0.05) is 6.07 Å². The second kappa shape index (κ2) is 5.62. The Bertz CT molecular complexity index is 366. The Morgan fingerprint density at radius 3 is 3.18 bits per heavy atom. The average Bonchev–Trinajstić information content (AvgIpc) is 2.95. The van der Waals surface area contributed by atoms with Gasteiger partial charge in [-0.2, -0.15) is 0 Å². The lowest BCUT2D eigenvalue weighted by atomic mass is 10.0. The highest BCUT2D eigenvalue weighted by Gasteiger charge is 2.34. The summed E-state index contributed by atoms with van der Waals surface area (Å²) in [4.78, 5) is 14.4. The van der Waals surface area contributed by atoms with Gasteiger partial charge in [0.1, 0.15) is 0 Å². The zero-order valence-electron chi connectivity index (χ0n) is 9.83. The maximum absolute atomic E-state index is 11.7. The molecule has 0 saturated carbocycles. The van der Waals surface area contributed by atoms with E-state index in [-0.39, 0.29) is 11.8 Å². The molecule has 0 aliphatic carbocycles. The topological polar surface area (TPSA) is 49.8 Å². The standard InChI is InChI=1S/C12H17NO3S/c1-16-5-4-13-8-9(7-11(13)14)12(15)10-3-2-6-17-10/h2-3,6,9,12,15H,4-5,7-8H2,1H3. The van der Waals surface area contributed by atoms with Crippen LogP contribution in [0.1, 0.15) is 17.4 Å². The Labute approximate surface area is 105 Å². The maximum atomic E-state index is 11.7. The molecule has 1 aromatic heterocycles. The molecule has 1 aliphatic heterocycles. The van der Waals surface area contributed by atoms with Gasteiger partial charge >= 0.3 is 0 Å². The van der Waals surface area contributed by atoms with E-state index in [9.17, 15) is 9.90 Å². The van der Waals surface area contributed by atoms with E-state index < -0.39 is 6.10 Å². The predicted molar refractivity (Wildman–Crippen MR) is 65.8 cm³/mol. The van der Waals surface area contributed by atoms with Gasteiger partial charge in [0.2, 0.25) is 5.91 Å². The second-order valence-corrected chi connectivity index (χ2v) is 5.24. The van der Waals surface area contributed by atoms with Crippen molar-refractivity contribution in [2.45, 2.75) is 12.5 Å². The van der Waals surface area contributed by atoms with Crippen LogP contribution in [-0.4, -0.2) is 42.7 Å². The van der Waals surface area contributed by atoms with Crippen LogP contribution in [0.3, 0.4) is 0 Å². The molecule has 1 aromatic rings. The van der Waals surface area contributed by atoms with Crippen molar-refractivity contribution in [2.24, 2.45) is 5.92 Å². The molecular weight excluding hydrogens is 238 g/mol. The molecule has 0 bridgehead atoms. The van der Waals surface area contributed by atoms with Crippen molar-refractivity contribution >= 4 is 17.2 Å². The number of thiophene rings is 1. The number of nitrogens with zero attached hydrogens (tertiary/aromatic N) is 1. The fraction of sp³-hybridized carbons (Fsp3) is 0.583. The molecule has 5 heteroatoms. The van der Waals surface area contributed by atoms with Crippen LogP contribution in [0.2, 0.25) is 0 Å². The van der Waals surface area contributed by atoms with Crippen molar-refractivity contribution in [1.29, 1.82) is 0 Å². The molecule has 0 aromatic carbocycles. The number of carbonyl (C=O) groups excluding carboxylic acids is 1. The molecule has 1 amide bonds. The van der Waals surface area contributed by atoms with Crippen LogP contribution in [0.15, 0.2) is 17.5 Å². The largest absolute Gasteiger partial charge is 0.387 e. The summed E-state index contributed by atoms with van der Waals surface area (Å²) in [5.41, 5.74) is 0. The summed E-state index contributed by atoms with van der Waals surface area (Å²) in [7, 11) is 1.62. The van der Waals surface area contributed by atoms with Crippen molar-refractivity contribution in [3.63, 3.8) is 0 Å². The Morgan fingerprint density at radius 2 is 2.53 bits per heavy atom. The molecule has 0 spiro atoms. The summed E-state index contributed by atoms with van der Waals surface area (Å²) in [6, 6.07) is 3.83. The van der Waals surface area contributed by atoms with Crippen LogP contribution in [0.4, 0.5) is 0 Å². The van der Waals surface area contributed by atoms with Gasteiger partial charge in [-0.15, -0.1) is 11.3 Å². The highest BCUT2D eigenvalue weighted by atomic mass is 32.1. The molecule has 0 radical (unpaired) electrons. The van der Waals surface area contributed by atoms with Gasteiger partial charge in [-0.25, -0.2) is 0 Å². The molecule has 1 saturated heterocycles. The van der Waals surface area contributed by atoms with Crippen LogP contribution in [0.25, 0.3) is 0 Å². The molecule has 4 nitrogen and oxygen atoms in total. The number of ether oxygens (including phenoxy) is 1. The number of hydrogen-bond donors (Lipinski definition) is 1. The van der Waals surface area contributed by atoms with E-state index >= 15 is 0 Å². The minimum absolute atomic E-state index is 0.0120. The van der Waals surface area contributed by atoms with Crippen molar-refractivity contribution in [3.05, 3.63) is 22.4 Å². The first-order chi connectivity index (χ1) is 8.22. The highest BCUT2D eigenvalue weighted by molar-refractivity contribution is 7.10. The van der Waals surface area contributed by atoms with E-state index in [2.05, 4.69) is 0 Å². The molecule has 1 fully saturated rings. The van der Waals surface area contributed by atoms with Crippen LogP contribution < -0.4 is 0 Å². The smallest absolute Gasteiger partial charge is 0.223 e. The number of methoxy groups -OCH3 is 1. The van der Waals surface area contributed by atoms with E-state index in [0.717, 1.165) is 4.88 Å². The van der Waals surface area contributed by atoms with Gasteiger partial charge < -0.3 is 14.7 Å². The number of rotatable bonds is 5. The molecule has 1 aliphatic rings. The number of aliphatic hydroxyl groups is 1. The Kier molecular flexibility index (Phi) is 4.15. The summed E-state index contributed by atoms with van der Waals surface area (Å²) in [6.07, 6.45) is -0.0884. The summed E-state index contributed by atoms with van der Waals surface area (Å²) >= 11 is 1.53. The van der Waals surface area contributed by atoms with Gasteiger partial charge in [0.25, 0.3) is 0 Å². The second-order valence-electron chi connectivity index (χ2n) is 4.26. The van der Waals surface area contributed by atoms with E-state index in [0.29, 0.717) is 26.1 Å². The van der Waals surface area contributed by atoms with Crippen molar-refractivity contribution in [3.8, 4) is 0 Å². The summed E-state index contributed by atoms with van der Waals surface area (Å²) in [6.45, 7) is 1.79. The molecule has 2 unspecified atom stereocenters. The van der Waals surface area contributed by atoms with Crippen LogP contribution in [0, 0.1) is 5.92 Å². The highest BCUT2D eigenvalue weighted by Crippen LogP contribution is 2.32. The number of hydrogen-bond acceptors (Lipinski definition) is 4. The SMILES string of the molecule is COCCN1CC(C(O)c2cccs2)CC1=O. The van der Waals surface area contributed by atoms with E-state index in [1.54, 1.807) is 12.0 Å². The van der Waals surface area contributed by atoms with Gasteiger partial charge in [0.15, 0.2) is 0 Å². The van der Waals surface area contributed by atoms with Crippen molar-refractivity contribution in [2.75, 3.05) is 26.8 Å². The monoisotopic (exact) mass is 255 g/mol. The number of likely N-dealkylation sites (tertiary alicyclic amines) is 1. The lowest BCUT2D eigenvalue weighted by Gasteiger charge is -2.18. The van der Waals surface area contributed by atoms with Crippen LogP contribution in [0.5, 0.6) is 0 Å². The molecule has 1 N–H and O–H groups in total. The molecule has 94 valence electrons. The maximum Gasteiger partial charge on any atom is 0.223 e. The molecule has 2 rings (SSSR count). The van der Waals surface area contributed by atoms with Crippen molar-refractivity contribution < 1.29 is 14.6 Å². The lowest BCUT2D eigenvalue weighted by molar-refractivity contribution is -0.128. The Morgan fingerprint density at radius 1 is 1.71 bits per heavy atom. The van der Waals surface area contributed by atoms with Gasteiger partial charge in [-0.3, -0.25) is 4.79 Å². The first kappa shape index (κ1) is 12.5. The predicted octanol–water partition coefficient (Wildman–Crippen LogP) is 1.28. The zero-order valence-corrected chi connectivity index (χ0v) is 10.7. The van der Waals surface area contributed by atoms with Crippen LogP contribution in [-0.2, 0) is 9.53 Å². The first-order valence-electron chi connectivity index (χ1n) is 5.70. The van der Waals surface area contributed by atoms with Gasteiger partial charge in [-0.05, 0) is 11.4 Å². The molecule has 2 atom stereocenters. The fourth-order valence-electron chi connectivity index (χ4n) is 2.12. The third kappa shape index (κ3) is 2.86. The minimum Gasteiger partial charge on any atom is -0.387 e. The average molecular weight is 255 g/mol. The Balaban J connectivity index is 1.94. The third-order valence-corrected chi connectivity index (χ3v) is 4.03. The summed E-state index contributed by atoms with van der Waals surface area (Å²) in [5.74, 6) is 0.126. The minimum atomic E-state index is -0.522. The number of carbonyl (C=O) groups is 1. The Hall–Kier alpha value is -0.910. The quantitative estimate of drug-likeness (QED) is 0.862. The molecule has 17 heavy (non-hydrogen) atoms. The van der Waals surface area contributed by atoms with E-state index in [4.69, 9.17) is 4.74 Å². The summed E-state index contributed by atoms with van der Waals surface area (Å²) in [5, 5.41) is 12.1. The fourth-order valence-corrected chi connectivity index (χ4v) is 2.93. The third-order valence-electron chi connectivity index (χ3n) is 3.09. The number of aliphatic hydroxyl groups excluding tert-OH is 1. The normalized spacial score (nSPS) is 22.1. The first-order valence-corrected chi connectivity index (χ1v) is 6.58. The number of amides is 1. The molecule has 2 heterocycles. The zero-order chi connectivity index (χ0) is 12.3. The molecular formula is C12H17NO3S. The summed E-state index contributed by atoms with van der Waals surface area (Å²) < 4.78 is 4.97. The van der Waals surface area contributed by atoms with E-state index in [1.165, 1.54) is 11.3 Å².